The van der Waals surface area contributed by atoms with Gasteiger partial charge in [-0.05, 0) is 74.9 Å². The van der Waals surface area contributed by atoms with Crippen LogP contribution >= 0.6 is 0 Å². The molecule has 0 bridgehead atoms. The number of nitrogens with zero attached hydrogens (tertiary/aromatic N) is 2. The molecule has 1 fully saturated rings. The number of carbonyl (C=O) groups is 1. The molecule has 1 aliphatic heterocycles. The average molecular weight is 586 g/mol. The number of hydrogen-bond acceptors (Lipinski definition) is 6. The molecule has 1 atom stereocenters. The Morgan fingerprint density at radius 1 is 1.08 bits per heavy atom. The fraction of sp³-hybridized carbons (Fsp3) is 0.462. The van der Waals surface area contributed by atoms with Gasteiger partial charge in [-0.1, -0.05) is 18.2 Å². The molecule has 0 aliphatic carbocycles. The normalized spacial score (nSPS) is 16.5. The SMILES string of the molecule is CC(C)(C1CCN(C(=O)[C@H](Cc2ccc(C#N)cc2)NS(C)(=O)=O)CC1)S(=O)(=O)c1cccc(C(F)(F)F)c1. The molecule has 39 heavy (non-hydrogen) atoms. The van der Waals surface area contributed by atoms with E-state index in [1.54, 1.807) is 24.3 Å². The van der Waals surface area contributed by atoms with E-state index < -0.39 is 59.1 Å². The molecule has 1 N–H and O–H groups in total. The lowest BCUT2D eigenvalue weighted by atomic mass is 9.85. The number of likely N-dealkylation sites (tertiary alicyclic amines) is 1. The Hall–Kier alpha value is -2.95. The summed E-state index contributed by atoms with van der Waals surface area (Å²) in [6.07, 6.45) is -3.17. The fourth-order valence-corrected chi connectivity index (χ4v) is 7.29. The molecule has 0 radical (unpaired) electrons. The third-order valence-corrected chi connectivity index (χ3v) is 10.4. The number of alkyl halides is 3. The van der Waals surface area contributed by atoms with Crippen molar-refractivity contribution in [3.05, 3.63) is 65.2 Å². The van der Waals surface area contributed by atoms with Crippen molar-refractivity contribution in [2.45, 2.75) is 55.0 Å². The molecule has 212 valence electrons. The van der Waals surface area contributed by atoms with E-state index >= 15 is 0 Å². The molecule has 2 aromatic carbocycles. The molecule has 0 unspecified atom stereocenters. The summed E-state index contributed by atoms with van der Waals surface area (Å²) in [6.45, 7) is 3.26. The Balaban J connectivity index is 1.76. The molecule has 3 rings (SSSR count). The van der Waals surface area contributed by atoms with Gasteiger partial charge in [0.05, 0.1) is 33.1 Å². The molecule has 0 saturated carbocycles. The van der Waals surface area contributed by atoms with Crippen LogP contribution < -0.4 is 4.72 Å². The third-order valence-electron chi connectivity index (χ3n) is 7.13. The molecule has 2 aromatic rings. The van der Waals surface area contributed by atoms with Crippen LogP contribution in [0.25, 0.3) is 0 Å². The first-order valence-electron chi connectivity index (χ1n) is 12.1. The summed E-state index contributed by atoms with van der Waals surface area (Å²) < 4.78 is 91.3. The predicted molar refractivity (Wildman–Crippen MR) is 139 cm³/mol. The Bertz CT molecular complexity index is 1460. The molecule has 1 saturated heterocycles. The van der Waals surface area contributed by atoms with E-state index in [2.05, 4.69) is 4.72 Å². The number of sulfone groups is 1. The number of benzene rings is 2. The van der Waals surface area contributed by atoms with Gasteiger partial charge in [-0.3, -0.25) is 4.79 Å². The van der Waals surface area contributed by atoms with Crippen molar-refractivity contribution >= 4 is 25.8 Å². The zero-order chi connectivity index (χ0) is 29.2. The molecule has 1 amide bonds. The maximum absolute atomic E-state index is 13.4. The smallest absolute Gasteiger partial charge is 0.341 e. The van der Waals surface area contributed by atoms with Crippen LogP contribution in [-0.2, 0) is 37.3 Å². The van der Waals surface area contributed by atoms with Crippen LogP contribution in [0, 0.1) is 17.2 Å². The Morgan fingerprint density at radius 2 is 1.67 bits per heavy atom. The van der Waals surface area contributed by atoms with Crippen LogP contribution in [0.3, 0.4) is 0 Å². The number of rotatable bonds is 8. The predicted octanol–water partition coefficient (Wildman–Crippen LogP) is 3.53. The highest BCUT2D eigenvalue weighted by Crippen LogP contribution is 2.39. The molecule has 8 nitrogen and oxygen atoms in total. The lowest BCUT2D eigenvalue weighted by Gasteiger charge is -2.41. The van der Waals surface area contributed by atoms with Gasteiger partial charge in [0.25, 0.3) is 0 Å². The Kier molecular flexibility index (Phi) is 8.84. The maximum atomic E-state index is 13.4. The highest BCUT2D eigenvalue weighted by atomic mass is 32.2. The van der Waals surface area contributed by atoms with Gasteiger partial charge in [0.15, 0.2) is 9.84 Å². The van der Waals surface area contributed by atoms with Crippen LogP contribution in [0.2, 0.25) is 0 Å². The number of piperidine rings is 1. The number of sulfonamides is 1. The van der Waals surface area contributed by atoms with E-state index in [-0.39, 0.29) is 32.4 Å². The average Bonchev–Trinajstić information content (AvgIpc) is 2.87. The van der Waals surface area contributed by atoms with Crippen molar-refractivity contribution in [2.24, 2.45) is 5.92 Å². The minimum atomic E-state index is -4.68. The number of halogens is 3. The van der Waals surface area contributed by atoms with Gasteiger partial charge in [0.1, 0.15) is 6.04 Å². The van der Waals surface area contributed by atoms with Crippen molar-refractivity contribution < 1.29 is 34.8 Å². The molecule has 13 heteroatoms. The third kappa shape index (κ3) is 7.17. The summed E-state index contributed by atoms with van der Waals surface area (Å²) in [5, 5.41) is 8.97. The van der Waals surface area contributed by atoms with Crippen LogP contribution in [-0.4, -0.2) is 57.8 Å². The van der Waals surface area contributed by atoms with Crippen molar-refractivity contribution in [1.82, 2.24) is 9.62 Å². The van der Waals surface area contributed by atoms with E-state index in [1.807, 2.05) is 6.07 Å². The van der Waals surface area contributed by atoms with Crippen LogP contribution in [0.1, 0.15) is 43.4 Å². The summed E-state index contributed by atoms with van der Waals surface area (Å²) in [5.41, 5.74) is 0.0145. The van der Waals surface area contributed by atoms with E-state index in [1.165, 1.54) is 18.7 Å². The largest absolute Gasteiger partial charge is 0.416 e. The lowest BCUT2D eigenvalue weighted by Crippen LogP contribution is -2.53. The maximum Gasteiger partial charge on any atom is 0.416 e. The van der Waals surface area contributed by atoms with Gasteiger partial charge in [-0.2, -0.15) is 18.4 Å². The molecule has 1 aliphatic rings. The zero-order valence-electron chi connectivity index (χ0n) is 21.7. The highest BCUT2D eigenvalue weighted by molar-refractivity contribution is 7.92. The number of amides is 1. The van der Waals surface area contributed by atoms with E-state index in [4.69, 9.17) is 5.26 Å². The van der Waals surface area contributed by atoms with E-state index in [0.29, 0.717) is 17.2 Å². The first-order valence-corrected chi connectivity index (χ1v) is 15.5. The first kappa shape index (κ1) is 30.6. The molecular weight excluding hydrogens is 555 g/mol. The molecule has 0 aromatic heterocycles. The van der Waals surface area contributed by atoms with Gasteiger partial charge in [0.2, 0.25) is 15.9 Å². The van der Waals surface area contributed by atoms with Crippen LogP contribution in [0.5, 0.6) is 0 Å². The van der Waals surface area contributed by atoms with Gasteiger partial charge >= 0.3 is 6.18 Å². The van der Waals surface area contributed by atoms with E-state index in [9.17, 15) is 34.8 Å². The second kappa shape index (κ2) is 11.3. The highest BCUT2D eigenvalue weighted by Gasteiger charge is 2.45. The molecule has 0 spiro atoms. The first-order chi connectivity index (χ1) is 18.0. The lowest BCUT2D eigenvalue weighted by molar-refractivity contribution is -0.137. The van der Waals surface area contributed by atoms with Gasteiger partial charge in [-0.15, -0.1) is 0 Å². The minimum absolute atomic E-state index is 0.0486. The zero-order valence-corrected chi connectivity index (χ0v) is 23.3. The summed E-state index contributed by atoms with van der Waals surface area (Å²) in [6, 6.07) is 10.9. The Labute approximate surface area is 226 Å². The summed E-state index contributed by atoms with van der Waals surface area (Å²) in [7, 11) is -7.91. The van der Waals surface area contributed by atoms with Crippen molar-refractivity contribution in [3.8, 4) is 6.07 Å². The standard InChI is InChI=1S/C26H30F3N3O5S2/c1-25(2,39(36,37)22-6-4-5-21(16-22)26(27,28)29)20-11-13-32(14-12-20)24(33)23(31-38(3,34)35)15-18-7-9-19(17-30)10-8-18/h4-10,16,20,23,31H,11-15H2,1-3H3/t23-/m0/s1. The quantitative estimate of drug-likeness (QED) is 0.506. The molecular formula is C26H30F3N3O5S2. The van der Waals surface area contributed by atoms with Crippen LogP contribution in [0.15, 0.2) is 53.4 Å². The summed E-state index contributed by atoms with van der Waals surface area (Å²) in [5.74, 6) is -0.928. The second-order valence-electron chi connectivity index (χ2n) is 10.2. The monoisotopic (exact) mass is 585 g/mol. The van der Waals surface area contributed by atoms with Crippen molar-refractivity contribution in [1.29, 1.82) is 5.26 Å². The summed E-state index contributed by atoms with van der Waals surface area (Å²) in [4.78, 5) is 14.4. The second-order valence-corrected chi connectivity index (χ2v) is 14.5. The van der Waals surface area contributed by atoms with Crippen molar-refractivity contribution in [3.63, 3.8) is 0 Å². The topological polar surface area (TPSA) is 124 Å². The van der Waals surface area contributed by atoms with Crippen molar-refractivity contribution in [2.75, 3.05) is 19.3 Å². The van der Waals surface area contributed by atoms with Crippen LogP contribution in [0.4, 0.5) is 13.2 Å². The van der Waals surface area contributed by atoms with Gasteiger partial charge in [0, 0.05) is 13.1 Å². The fourth-order valence-electron chi connectivity index (χ4n) is 4.77. The van der Waals surface area contributed by atoms with E-state index in [0.717, 1.165) is 24.5 Å². The van der Waals surface area contributed by atoms with Gasteiger partial charge < -0.3 is 4.90 Å². The molecule has 1 heterocycles. The van der Waals surface area contributed by atoms with Gasteiger partial charge in [-0.25, -0.2) is 21.6 Å². The minimum Gasteiger partial charge on any atom is -0.341 e. The number of nitriles is 1. The number of hydrogen-bond donors (Lipinski definition) is 1. The Morgan fingerprint density at radius 3 is 2.18 bits per heavy atom. The number of carbonyl (C=O) groups excluding carboxylic acids is 1. The number of nitrogens with one attached hydrogen (secondary N) is 1. The summed E-state index contributed by atoms with van der Waals surface area (Å²) >= 11 is 0.